The number of benzene rings is 3. The fourth-order valence-corrected chi connectivity index (χ4v) is 6.48. The van der Waals surface area contributed by atoms with Crippen molar-refractivity contribution in [3.8, 4) is 0 Å². The number of nitrogens with zero attached hydrogens (tertiary/aromatic N) is 2. The number of hydrogen-bond donors (Lipinski definition) is 1. The SMILES string of the molecule is CS(=O)(=O)N(CC(=O)N(Cc1ccc(F)cc1)C(Cc1ccccc1)C(=O)NC1CCCCC1)c1cc(C(F)(F)F)ccc1Cl. The molecule has 0 radical (unpaired) electrons. The first-order valence-corrected chi connectivity index (χ1v) is 16.7. The highest BCUT2D eigenvalue weighted by Crippen LogP contribution is 2.36. The lowest BCUT2D eigenvalue weighted by Gasteiger charge is -2.35. The summed E-state index contributed by atoms with van der Waals surface area (Å²) in [5, 5.41) is 2.73. The van der Waals surface area contributed by atoms with Crippen molar-refractivity contribution in [1.29, 1.82) is 0 Å². The number of anilines is 1. The van der Waals surface area contributed by atoms with Gasteiger partial charge in [-0.2, -0.15) is 13.2 Å². The van der Waals surface area contributed by atoms with Crippen LogP contribution in [0.1, 0.15) is 48.8 Å². The van der Waals surface area contributed by atoms with Gasteiger partial charge in [-0.15, -0.1) is 0 Å². The molecule has 45 heavy (non-hydrogen) atoms. The molecule has 1 N–H and O–H groups in total. The third kappa shape index (κ3) is 9.43. The van der Waals surface area contributed by atoms with Gasteiger partial charge in [0, 0.05) is 19.0 Å². The summed E-state index contributed by atoms with van der Waals surface area (Å²) in [6.45, 7) is -1.15. The maximum Gasteiger partial charge on any atom is 0.416 e. The van der Waals surface area contributed by atoms with Crippen molar-refractivity contribution < 1.29 is 35.6 Å². The second-order valence-electron chi connectivity index (χ2n) is 11.1. The Balaban J connectivity index is 1.76. The zero-order valence-corrected chi connectivity index (χ0v) is 26.1. The number of sulfonamides is 1. The molecule has 1 saturated carbocycles. The lowest BCUT2D eigenvalue weighted by molar-refractivity contribution is -0.140. The maximum absolute atomic E-state index is 14.2. The van der Waals surface area contributed by atoms with E-state index in [1.807, 2.05) is 0 Å². The van der Waals surface area contributed by atoms with Crippen molar-refractivity contribution in [2.24, 2.45) is 0 Å². The van der Waals surface area contributed by atoms with Crippen LogP contribution in [0.2, 0.25) is 5.02 Å². The molecule has 2 amide bonds. The van der Waals surface area contributed by atoms with E-state index in [9.17, 15) is 35.6 Å². The molecular weight excluding hydrogens is 634 g/mol. The molecule has 1 aliphatic rings. The molecule has 13 heteroatoms. The van der Waals surface area contributed by atoms with Crippen LogP contribution >= 0.6 is 11.6 Å². The van der Waals surface area contributed by atoms with Gasteiger partial charge in [0.2, 0.25) is 21.8 Å². The van der Waals surface area contributed by atoms with Crippen molar-refractivity contribution in [2.45, 2.75) is 63.3 Å². The molecule has 3 aromatic carbocycles. The summed E-state index contributed by atoms with van der Waals surface area (Å²) in [5.41, 5.74) is -0.509. The highest BCUT2D eigenvalue weighted by atomic mass is 35.5. The number of alkyl halides is 3. The quantitative estimate of drug-likeness (QED) is 0.242. The van der Waals surface area contributed by atoms with E-state index in [-0.39, 0.29) is 24.0 Å². The molecule has 0 bridgehead atoms. The Labute approximate surface area is 265 Å². The maximum atomic E-state index is 14.2. The first kappa shape index (κ1) is 34.2. The van der Waals surface area contributed by atoms with Crippen molar-refractivity contribution in [3.05, 3.63) is 100 Å². The molecule has 0 spiro atoms. The Kier molecular flexibility index (Phi) is 11.1. The van der Waals surface area contributed by atoms with E-state index in [0.717, 1.165) is 50.0 Å². The Morgan fingerprint density at radius 3 is 2.20 bits per heavy atom. The number of carbonyl (C=O) groups is 2. The van der Waals surface area contributed by atoms with Gasteiger partial charge < -0.3 is 10.2 Å². The van der Waals surface area contributed by atoms with Gasteiger partial charge in [-0.1, -0.05) is 73.3 Å². The summed E-state index contributed by atoms with van der Waals surface area (Å²) in [6, 6.07) is 15.1. The molecule has 0 aliphatic heterocycles. The molecule has 242 valence electrons. The third-order valence-corrected chi connectivity index (χ3v) is 9.16. The summed E-state index contributed by atoms with van der Waals surface area (Å²) in [6.07, 6.45) is 0.472. The van der Waals surface area contributed by atoms with E-state index < -0.39 is 57.7 Å². The van der Waals surface area contributed by atoms with E-state index in [1.54, 1.807) is 30.3 Å². The number of amides is 2. The number of nitrogens with one attached hydrogen (secondary N) is 1. The molecule has 3 aromatic rings. The molecule has 1 atom stereocenters. The molecule has 1 aliphatic carbocycles. The van der Waals surface area contributed by atoms with Gasteiger partial charge in [-0.3, -0.25) is 13.9 Å². The summed E-state index contributed by atoms with van der Waals surface area (Å²) in [5.74, 6) is -1.84. The van der Waals surface area contributed by atoms with Gasteiger partial charge in [0.05, 0.1) is 22.5 Å². The van der Waals surface area contributed by atoms with Gasteiger partial charge in [0.1, 0.15) is 18.4 Å². The molecule has 0 aromatic heterocycles. The van der Waals surface area contributed by atoms with E-state index in [1.165, 1.54) is 29.2 Å². The Morgan fingerprint density at radius 2 is 1.60 bits per heavy atom. The highest BCUT2D eigenvalue weighted by molar-refractivity contribution is 7.92. The van der Waals surface area contributed by atoms with Crippen LogP contribution in [-0.2, 0) is 38.8 Å². The van der Waals surface area contributed by atoms with Crippen molar-refractivity contribution in [3.63, 3.8) is 0 Å². The van der Waals surface area contributed by atoms with Crippen LogP contribution in [-0.4, -0.2) is 50.0 Å². The van der Waals surface area contributed by atoms with Gasteiger partial charge in [-0.05, 0) is 54.3 Å². The summed E-state index contributed by atoms with van der Waals surface area (Å²) in [7, 11) is -4.35. The van der Waals surface area contributed by atoms with Crippen LogP contribution in [0.5, 0.6) is 0 Å². The van der Waals surface area contributed by atoms with Crippen molar-refractivity contribution >= 4 is 39.1 Å². The molecule has 0 saturated heterocycles. The molecule has 1 fully saturated rings. The topological polar surface area (TPSA) is 86.8 Å². The predicted molar refractivity (Wildman–Crippen MR) is 165 cm³/mol. The van der Waals surface area contributed by atoms with Crippen LogP contribution in [0.3, 0.4) is 0 Å². The molecule has 1 unspecified atom stereocenters. The minimum atomic E-state index is -4.81. The highest BCUT2D eigenvalue weighted by Gasteiger charge is 2.36. The Hall–Kier alpha value is -3.64. The number of hydrogen-bond acceptors (Lipinski definition) is 4. The monoisotopic (exact) mass is 667 g/mol. The average Bonchev–Trinajstić information content (AvgIpc) is 2.99. The summed E-state index contributed by atoms with van der Waals surface area (Å²) < 4.78 is 80.8. The number of halogens is 5. The lowest BCUT2D eigenvalue weighted by atomic mass is 9.94. The van der Waals surface area contributed by atoms with Crippen molar-refractivity contribution in [2.75, 3.05) is 17.1 Å². The van der Waals surface area contributed by atoms with Gasteiger partial charge >= 0.3 is 6.18 Å². The van der Waals surface area contributed by atoms with E-state index in [4.69, 9.17) is 11.6 Å². The third-order valence-electron chi connectivity index (χ3n) is 7.71. The standard InChI is InChI=1S/C32H34ClF4N3O4S/c1-45(43,44)40(28-19-24(32(35,36)37)14-17-27(28)33)21-30(41)39(20-23-12-15-25(34)16-13-23)29(18-22-8-4-2-5-9-22)31(42)38-26-10-6-3-7-11-26/h2,4-5,8-9,12-17,19,26,29H,3,6-7,10-11,18,20-21H2,1H3,(H,38,42). The van der Waals surface area contributed by atoms with Crippen LogP contribution < -0.4 is 9.62 Å². The fourth-order valence-electron chi connectivity index (χ4n) is 5.36. The first-order valence-electron chi connectivity index (χ1n) is 14.4. The molecule has 4 rings (SSSR count). The first-order chi connectivity index (χ1) is 21.2. The Morgan fingerprint density at radius 1 is 0.956 bits per heavy atom. The van der Waals surface area contributed by atoms with Crippen molar-refractivity contribution in [1.82, 2.24) is 10.2 Å². The zero-order chi connectivity index (χ0) is 32.8. The average molecular weight is 668 g/mol. The van der Waals surface area contributed by atoms with Crippen LogP contribution in [0.25, 0.3) is 0 Å². The summed E-state index contributed by atoms with van der Waals surface area (Å²) in [4.78, 5) is 29.3. The smallest absolute Gasteiger partial charge is 0.352 e. The second kappa shape index (κ2) is 14.6. The lowest BCUT2D eigenvalue weighted by Crippen LogP contribution is -2.55. The van der Waals surface area contributed by atoms with E-state index in [0.29, 0.717) is 22.0 Å². The zero-order valence-electron chi connectivity index (χ0n) is 24.6. The second-order valence-corrected chi connectivity index (χ2v) is 13.4. The minimum absolute atomic E-state index is 0.0650. The predicted octanol–water partition coefficient (Wildman–Crippen LogP) is 6.35. The van der Waals surface area contributed by atoms with Gasteiger partial charge in [0.15, 0.2) is 0 Å². The number of carbonyl (C=O) groups excluding carboxylic acids is 2. The van der Waals surface area contributed by atoms with Crippen LogP contribution in [0, 0.1) is 5.82 Å². The van der Waals surface area contributed by atoms with Gasteiger partial charge in [0.25, 0.3) is 0 Å². The van der Waals surface area contributed by atoms with E-state index in [2.05, 4.69) is 5.32 Å². The van der Waals surface area contributed by atoms with Gasteiger partial charge in [-0.25, -0.2) is 12.8 Å². The molecule has 0 heterocycles. The normalized spacial score (nSPS) is 14.9. The molecular formula is C32H34ClF4N3O4S. The van der Waals surface area contributed by atoms with Crippen LogP contribution in [0.15, 0.2) is 72.8 Å². The molecule has 7 nitrogen and oxygen atoms in total. The van der Waals surface area contributed by atoms with Crippen LogP contribution in [0.4, 0.5) is 23.2 Å². The minimum Gasteiger partial charge on any atom is -0.352 e. The number of rotatable bonds is 11. The largest absolute Gasteiger partial charge is 0.416 e. The fraction of sp³-hybridized carbons (Fsp3) is 0.375. The van der Waals surface area contributed by atoms with E-state index >= 15 is 0 Å². The summed E-state index contributed by atoms with van der Waals surface area (Å²) >= 11 is 6.19. The Bertz CT molecular complexity index is 1580.